The predicted octanol–water partition coefficient (Wildman–Crippen LogP) is 0.457. The van der Waals surface area contributed by atoms with Crippen LogP contribution in [0, 0.1) is 24.2 Å². The number of carboxylic acids is 2. The van der Waals surface area contributed by atoms with Gasteiger partial charge in [0.1, 0.15) is 24.9 Å². The molecule has 0 saturated carbocycles. The van der Waals surface area contributed by atoms with Gasteiger partial charge in [-0.25, -0.2) is 8.78 Å². The zero-order valence-corrected chi connectivity index (χ0v) is 48.3. The highest BCUT2D eigenvalue weighted by atomic mass is 19.3. The number of nitrogens with zero attached hydrogens (tertiary/aromatic N) is 7. The summed E-state index contributed by atoms with van der Waals surface area (Å²) in [7, 11) is 0. The van der Waals surface area contributed by atoms with Gasteiger partial charge in [0, 0.05) is 104 Å². The first-order chi connectivity index (χ1) is 40.8. The van der Waals surface area contributed by atoms with Gasteiger partial charge in [0.05, 0.1) is 58.7 Å². The van der Waals surface area contributed by atoms with E-state index in [4.69, 9.17) is 14.2 Å². The molecule has 85 heavy (non-hydrogen) atoms. The molecule has 4 heterocycles. The smallest absolute Gasteiger partial charge is 0.317 e. The first-order valence-corrected chi connectivity index (χ1v) is 29.0. The number of rotatable bonds is 31. The molecule has 6 N–H and O–H groups in total. The van der Waals surface area contributed by atoms with Crippen molar-refractivity contribution in [3.8, 4) is 6.07 Å². The van der Waals surface area contributed by atoms with Crippen LogP contribution in [0.25, 0.3) is 0 Å². The van der Waals surface area contributed by atoms with Gasteiger partial charge < -0.3 is 55.5 Å². The summed E-state index contributed by atoms with van der Waals surface area (Å²) >= 11 is 0. The van der Waals surface area contributed by atoms with Crippen LogP contribution in [0.15, 0.2) is 42.5 Å². The Kier molecular flexibility index (Phi) is 26.8. The minimum atomic E-state index is -3.21. The van der Waals surface area contributed by atoms with E-state index in [-0.39, 0.29) is 130 Å². The highest BCUT2D eigenvalue weighted by Gasteiger charge is 2.50. The number of carboxylic acid groups (broad SMARTS) is 2. The topological polar surface area (TPSA) is 313 Å². The number of likely N-dealkylation sites (tertiary alicyclic amines) is 1. The number of halogens is 2. The van der Waals surface area contributed by atoms with Crippen LogP contribution in [0.5, 0.6) is 0 Å². The molecular weight excluding hydrogens is 1110 g/mol. The third-order valence-electron chi connectivity index (χ3n) is 15.5. The molecule has 25 nitrogen and oxygen atoms in total. The Balaban J connectivity index is 0.958. The molecule has 0 radical (unpaired) electrons. The summed E-state index contributed by atoms with van der Waals surface area (Å²) in [4.78, 5) is 124. The van der Waals surface area contributed by atoms with Gasteiger partial charge in [-0.1, -0.05) is 48.0 Å². The lowest BCUT2D eigenvalue weighted by Gasteiger charge is -2.33. The van der Waals surface area contributed by atoms with Crippen molar-refractivity contribution in [3.63, 3.8) is 0 Å². The third kappa shape index (κ3) is 22.6. The van der Waals surface area contributed by atoms with Crippen LogP contribution >= 0.6 is 0 Å². The number of hydrogen-bond donors (Lipinski definition) is 6. The van der Waals surface area contributed by atoms with Gasteiger partial charge in [-0.15, -0.1) is 0 Å². The molecule has 0 aliphatic carbocycles. The summed E-state index contributed by atoms with van der Waals surface area (Å²) in [6, 6.07) is 12.2. The van der Waals surface area contributed by atoms with E-state index >= 15 is 0 Å². The number of carbonyl (C=O) groups excluding carboxylic acids is 7. The van der Waals surface area contributed by atoms with Crippen LogP contribution in [-0.2, 0) is 83.5 Å². The van der Waals surface area contributed by atoms with Gasteiger partial charge in [-0.05, 0) is 67.7 Å². The average Bonchev–Trinajstić information content (AvgIpc) is 2.20. The maximum absolute atomic E-state index is 14.0. The molecule has 0 aromatic heterocycles. The Morgan fingerprint density at radius 1 is 0.812 bits per heavy atom. The van der Waals surface area contributed by atoms with E-state index < -0.39 is 78.5 Å². The van der Waals surface area contributed by atoms with E-state index in [0.717, 1.165) is 39.1 Å². The molecular formula is C58H81F2N11O14. The maximum Gasteiger partial charge on any atom is 0.317 e. The first kappa shape index (κ1) is 66.9. The molecule has 3 fully saturated rings. The molecule has 1 unspecified atom stereocenters. The van der Waals surface area contributed by atoms with Crippen molar-refractivity contribution >= 4 is 53.9 Å². The quantitative estimate of drug-likeness (QED) is 0.0441. The lowest BCUT2D eigenvalue weighted by molar-refractivity contribution is -0.140. The number of nitrogens with one attached hydrogen (secondary N) is 4. The van der Waals surface area contributed by atoms with Crippen molar-refractivity contribution in [3.05, 3.63) is 70.3 Å². The molecule has 6 rings (SSSR count). The fraction of sp³-hybridized carbons (Fsp3) is 0.621. The predicted molar refractivity (Wildman–Crippen MR) is 301 cm³/mol. The standard InChI is InChI=1S/C58H81F2N11O14/c1-41-11-13-42(14-12-41)6-4-10-50(73)62-15-3-2-9-48(64-51(74)34-66-17-18-67(35-53(76)77)19-20-68(36-54(78)79)22-24-69(23-21-66)39-85-40-72)56(81)63-16-25-83-26-27-84-37-44-8-5-7-43-32-70(33-47(43)44)52(75)29-45-28-49(65-55(45)80)57(82)71-38-58(59,60)30-46(71)31-61/h5,7-8,11-14,40,45-46,48-49H,2-4,6,9-10,15-30,32-39H2,1H3,(H,62,73)(H,63,81)(H,64,74)(H,65,80)(H,76,77)(H,78,79)/t45-,46-,48?,49-/m0/s1. The molecule has 27 heteroatoms. The summed E-state index contributed by atoms with van der Waals surface area (Å²) in [5.74, 6) is -8.75. The molecule has 6 amide bonds. The SMILES string of the molecule is Cc1ccc(CCCC(=O)NCCCCC(NC(=O)CN2CCN(COC=O)CCN(CC(=O)O)CCN(CC(=O)O)CC2)C(=O)NCCOCCOCc2cccc3c2CN(C(=O)C[C@@H]2C[C@@H](C(=O)N4CC(F)(F)C[C@H]4C#N)NC2=O)C3)cc1. The summed E-state index contributed by atoms with van der Waals surface area (Å²) in [5, 5.41) is 39.7. The van der Waals surface area contributed by atoms with Gasteiger partial charge in [0.25, 0.3) is 12.4 Å². The zero-order valence-electron chi connectivity index (χ0n) is 48.3. The number of nitriles is 1. The molecule has 4 aliphatic heterocycles. The molecule has 2 aromatic rings. The Hall–Kier alpha value is -7.22. The summed E-state index contributed by atoms with van der Waals surface area (Å²) < 4.78 is 44.8. The van der Waals surface area contributed by atoms with E-state index in [9.17, 15) is 67.4 Å². The summed E-state index contributed by atoms with van der Waals surface area (Å²) in [6.45, 7) is 4.53. The third-order valence-corrected chi connectivity index (χ3v) is 15.5. The highest BCUT2D eigenvalue weighted by Crippen LogP contribution is 2.34. The number of fused-ring (bicyclic) bond motifs is 1. The molecule has 4 aliphatic rings. The Bertz CT molecular complexity index is 2650. The molecule has 2 aromatic carbocycles. The molecule has 4 atom stereocenters. The van der Waals surface area contributed by atoms with Gasteiger partial charge in [-0.3, -0.25) is 62.8 Å². The Morgan fingerprint density at radius 2 is 1.47 bits per heavy atom. The minimum Gasteiger partial charge on any atom is -0.480 e. The van der Waals surface area contributed by atoms with Crippen molar-refractivity contribution in [1.29, 1.82) is 5.26 Å². The second-order valence-electron chi connectivity index (χ2n) is 22.1. The second-order valence-corrected chi connectivity index (χ2v) is 22.1. The largest absolute Gasteiger partial charge is 0.480 e. The fourth-order valence-corrected chi connectivity index (χ4v) is 10.8. The van der Waals surface area contributed by atoms with Crippen molar-refractivity contribution < 1.29 is 76.4 Å². The lowest BCUT2D eigenvalue weighted by Crippen LogP contribution is -2.52. The van der Waals surface area contributed by atoms with E-state index in [1.165, 1.54) is 0 Å². The number of unbranched alkanes of at least 4 members (excludes halogenated alkanes) is 1. The van der Waals surface area contributed by atoms with E-state index in [1.807, 2.05) is 42.2 Å². The number of carbonyl (C=O) groups is 9. The highest BCUT2D eigenvalue weighted by molar-refractivity contribution is 5.95. The van der Waals surface area contributed by atoms with Crippen LogP contribution in [0.4, 0.5) is 8.78 Å². The van der Waals surface area contributed by atoms with Crippen LogP contribution in [-0.4, -0.2) is 236 Å². The number of hydrogen-bond acceptors (Lipinski definition) is 17. The van der Waals surface area contributed by atoms with Crippen molar-refractivity contribution in [2.45, 2.75) is 108 Å². The number of amides is 6. The second kappa shape index (κ2) is 34.1. The zero-order chi connectivity index (χ0) is 61.3. The maximum atomic E-state index is 14.0. The normalized spacial score (nSPS) is 20.0. The number of benzene rings is 2. The van der Waals surface area contributed by atoms with Crippen molar-refractivity contribution in [2.24, 2.45) is 5.92 Å². The fourth-order valence-electron chi connectivity index (χ4n) is 10.8. The molecule has 0 spiro atoms. The summed E-state index contributed by atoms with van der Waals surface area (Å²) in [5.41, 5.74) is 4.98. The van der Waals surface area contributed by atoms with Gasteiger partial charge in [-0.2, -0.15) is 5.26 Å². The Morgan fingerprint density at radius 3 is 2.13 bits per heavy atom. The van der Waals surface area contributed by atoms with Crippen LogP contribution in [0.3, 0.4) is 0 Å². The van der Waals surface area contributed by atoms with Gasteiger partial charge in [0.2, 0.25) is 35.4 Å². The van der Waals surface area contributed by atoms with Crippen molar-refractivity contribution in [1.82, 2.24) is 50.7 Å². The number of aliphatic carboxylic acids is 2. The average molecular weight is 1190 g/mol. The lowest BCUT2D eigenvalue weighted by atomic mass is 9.99. The van der Waals surface area contributed by atoms with Gasteiger partial charge >= 0.3 is 11.9 Å². The van der Waals surface area contributed by atoms with Gasteiger partial charge in [0.15, 0.2) is 0 Å². The van der Waals surface area contributed by atoms with Crippen LogP contribution in [0.2, 0.25) is 0 Å². The van der Waals surface area contributed by atoms with E-state index in [1.54, 1.807) is 25.7 Å². The monoisotopic (exact) mass is 1190 g/mol. The molecule has 3 saturated heterocycles. The number of alkyl halides is 2. The van der Waals surface area contributed by atoms with Crippen molar-refractivity contribution in [2.75, 3.05) is 118 Å². The molecule has 466 valence electrons. The van der Waals surface area contributed by atoms with Crippen LogP contribution in [0.1, 0.15) is 79.2 Å². The number of aryl methyl sites for hydroxylation is 2. The molecule has 0 bridgehead atoms. The summed E-state index contributed by atoms with van der Waals surface area (Å²) in [6.07, 6.45) is 2.09. The van der Waals surface area contributed by atoms with Crippen LogP contribution < -0.4 is 21.3 Å². The minimum absolute atomic E-state index is 0.0542. The first-order valence-electron chi connectivity index (χ1n) is 29.0. The van der Waals surface area contributed by atoms with E-state index in [0.29, 0.717) is 64.9 Å². The number of ether oxygens (including phenoxy) is 3. The van der Waals surface area contributed by atoms with E-state index in [2.05, 4.69) is 33.4 Å². The Labute approximate surface area is 493 Å².